The van der Waals surface area contributed by atoms with Crippen LogP contribution < -0.4 is 5.73 Å². The number of nitrogens with zero attached hydrogens (tertiary/aromatic N) is 1. The maximum atomic E-state index is 12.7. The molecule has 6 nitrogen and oxygen atoms in total. The fraction of sp³-hybridized carbons (Fsp3) is 0.714. The second kappa shape index (κ2) is 8.32. The van der Waals surface area contributed by atoms with Crippen LogP contribution in [0.15, 0.2) is 28.6 Å². The van der Waals surface area contributed by atoms with E-state index in [0.29, 0.717) is 23.6 Å². The van der Waals surface area contributed by atoms with Crippen LogP contribution >= 0.6 is 0 Å². The number of allylic oxidation sites excluding steroid dienone is 2. The number of anilines is 1. The Kier molecular flexibility index (Phi) is 5.55. The Hall–Kier alpha value is -2.50. The van der Waals surface area contributed by atoms with Crippen molar-refractivity contribution in [1.29, 1.82) is 0 Å². The number of carbonyl (C=O) groups is 1. The zero-order chi connectivity index (χ0) is 29.3. The molecule has 2 aromatic heterocycles. The molecule has 41 heavy (non-hydrogen) atoms. The zero-order valence-electron chi connectivity index (χ0n) is 26.1. The smallest absolute Gasteiger partial charge is 0.306 e. The van der Waals surface area contributed by atoms with Crippen LogP contribution in [-0.2, 0) is 16.6 Å². The molecule has 2 aromatic rings. The quantitative estimate of drug-likeness (QED) is 0.347. The number of aliphatic carboxylic acids is 1. The minimum absolute atomic E-state index is 0.000497. The fourth-order valence-electron chi connectivity index (χ4n) is 12.1. The van der Waals surface area contributed by atoms with Crippen molar-refractivity contribution >= 4 is 17.4 Å². The summed E-state index contributed by atoms with van der Waals surface area (Å²) in [5.41, 5.74) is 13.4. The molecule has 8 atom stereocenters. The number of nitrogens with one attached hydrogen (secondary N) is 1. The van der Waals surface area contributed by atoms with Gasteiger partial charge in [-0.2, -0.15) is 5.10 Å². The molecular formula is C35H49N3O3. The number of aromatic amines is 1. The summed E-state index contributed by atoms with van der Waals surface area (Å²) in [6, 6.07) is 2.15. The van der Waals surface area contributed by atoms with Gasteiger partial charge in [0, 0.05) is 22.2 Å². The van der Waals surface area contributed by atoms with Crippen LogP contribution in [0, 0.1) is 51.2 Å². The maximum absolute atomic E-state index is 12.7. The van der Waals surface area contributed by atoms with Crippen LogP contribution in [0.25, 0.3) is 5.57 Å². The van der Waals surface area contributed by atoms with E-state index in [1.165, 1.54) is 35.2 Å². The first-order valence-electron chi connectivity index (χ1n) is 16.0. The molecule has 0 aliphatic heterocycles. The van der Waals surface area contributed by atoms with Crippen LogP contribution in [0.3, 0.4) is 0 Å². The number of nitrogen functional groups attached to an aromatic ring is 1. The Morgan fingerprint density at radius 2 is 1.83 bits per heavy atom. The first-order valence-corrected chi connectivity index (χ1v) is 16.0. The van der Waals surface area contributed by atoms with Crippen LogP contribution in [0.1, 0.15) is 110 Å². The molecule has 0 saturated heterocycles. The lowest BCUT2D eigenvalue weighted by atomic mass is 9.33. The maximum Gasteiger partial charge on any atom is 0.306 e. The third kappa shape index (κ3) is 3.42. The Morgan fingerprint density at radius 1 is 1.07 bits per heavy atom. The van der Waals surface area contributed by atoms with Gasteiger partial charge in [-0.1, -0.05) is 54.0 Å². The number of hydrogen-bond donors (Lipinski definition) is 3. The van der Waals surface area contributed by atoms with Crippen LogP contribution in [0.5, 0.6) is 0 Å². The highest BCUT2D eigenvalue weighted by Crippen LogP contribution is 2.76. The average molecular weight is 560 g/mol. The van der Waals surface area contributed by atoms with E-state index in [4.69, 9.17) is 10.2 Å². The number of carboxylic acids is 1. The molecule has 1 unspecified atom stereocenters. The number of fused-ring (bicyclic) bond motifs is 8. The average Bonchev–Trinajstić information content (AvgIpc) is 3.54. The van der Waals surface area contributed by atoms with E-state index in [-0.39, 0.29) is 38.9 Å². The van der Waals surface area contributed by atoms with Gasteiger partial charge in [0.2, 0.25) is 0 Å². The summed E-state index contributed by atoms with van der Waals surface area (Å²) in [5.74, 6) is 1.29. The van der Waals surface area contributed by atoms with Crippen LogP contribution in [0.4, 0.5) is 5.82 Å². The predicted octanol–water partition coefficient (Wildman–Crippen LogP) is 7.87. The fourth-order valence-corrected chi connectivity index (χ4v) is 12.1. The molecule has 6 heteroatoms. The first-order chi connectivity index (χ1) is 19.1. The van der Waals surface area contributed by atoms with E-state index in [9.17, 15) is 9.90 Å². The van der Waals surface area contributed by atoms with Crippen molar-refractivity contribution < 1.29 is 14.3 Å². The molecule has 0 bridgehead atoms. The molecule has 0 amide bonds. The van der Waals surface area contributed by atoms with Crippen molar-refractivity contribution in [2.45, 2.75) is 105 Å². The molecule has 2 heterocycles. The van der Waals surface area contributed by atoms with E-state index in [1.807, 2.05) is 12.5 Å². The second-order valence-corrected chi connectivity index (χ2v) is 16.7. The van der Waals surface area contributed by atoms with Crippen LogP contribution in [0.2, 0.25) is 0 Å². The Morgan fingerprint density at radius 3 is 2.51 bits per heavy atom. The molecule has 0 spiro atoms. The van der Waals surface area contributed by atoms with E-state index in [1.54, 1.807) is 5.57 Å². The molecule has 3 fully saturated rings. The normalized spacial score (nSPS) is 42.4. The van der Waals surface area contributed by atoms with E-state index in [2.05, 4.69) is 64.7 Å². The van der Waals surface area contributed by atoms with Gasteiger partial charge in [-0.25, -0.2) is 0 Å². The summed E-state index contributed by atoms with van der Waals surface area (Å²) in [5, 5.41) is 18.2. The summed E-state index contributed by atoms with van der Waals surface area (Å²) in [6.45, 7) is 17.1. The summed E-state index contributed by atoms with van der Waals surface area (Å²) in [4.78, 5) is 12.7. The van der Waals surface area contributed by atoms with Gasteiger partial charge in [0.15, 0.2) is 0 Å². The van der Waals surface area contributed by atoms with Gasteiger partial charge < -0.3 is 15.3 Å². The van der Waals surface area contributed by atoms with Gasteiger partial charge in [0.1, 0.15) is 5.82 Å². The minimum Gasteiger partial charge on any atom is -0.481 e. The highest BCUT2D eigenvalue weighted by Gasteiger charge is 2.68. The monoisotopic (exact) mass is 559 g/mol. The number of carboxylic acid groups (broad SMARTS) is 1. The van der Waals surface area contributed by atoms with Crippen molar-refractivity contribution in [3.63, 3.8) is 0 Å². The van der Waals surface area contributed by atoms with Gasteiger partial charge in [0.25, 0.3) is 0 Å². The number of H-pyrrole nitrogens is 1. The van der Waals surface area contributed by atoms with Gasteiger partial charge >= 0.3 is 5.97 Å². The summed E-state index contributed by atoms with van der Waals surface area (Å²) >= 11 is 0. The summed E-state index contributed by atoms with van der Waals surface area (Å²) < 4.78 is 5.74. The molecule has 0 radical (unpaired) electrons. The Labute approximate surface area is 244 Å². The first kappa shape index (κ1) is 27.3. The lowest BCUT2D eigenvalue weighted by Gasteiger charge is -2.70. The highest BCUT2D eigenvalue weighted by molar-refractivity contribution is 5.74. The number of hydrogen-bond acceptors (Lipinski definition) is 4. The zero-order valence-corrected chi connectivity index (χ0v) is 26.1. The number of aromatic nitrogens is 2. The molecule has 7 rings (SSSR count). The summed E-state index contributed by atoms with van der Waals surface area (Å²) in [6.07, 6.45) is 12.0. The molecule has 5 aliphatic rings. The van der Waals surface area contributed by atoms with Crippen molar-refractivity contribution in [3.8, 4) is 0 Å². The van der Waals surface area contributed by atoms with Crippen LogP contribution in [-0.4, -0.2) is 21.3 Å². The van der Waals surface area contributed by atoms with E-state index < -0.39 is 5.97 Å². The van der Waals surface area contributed by atoms with Crippen molar-refractivity contribution in [1.82, 2.24) is 10.2 Å². The Bertz CT molecular complexity index is 1430. The lowest BCUT2D eigenvalue weighted by molar-refractivity contribution is -0.161. The predicted molar refractivity (Wildman–Crippen MR) is 161 cm³/mol. The van der Waals surface area contributed by atoms with Gasteiger partial charge in [-0.05, 0) is 108 Å². The third-order valence-electron chi connectivity index (χ3n) is 14.0. The minimum atomic E-state index is -0.604. The third-order valence-corrected chi connectivity index (χ3v) is 14.0. The molecule has 4 N–H and O–H groups in total. The van der Waals surface area contributed by atoms with E-state index >= 15 is 0 Å². The second-order valence-electron chi connectivity index (χ2n) is 16.7. The van der Waals surface area contributed by atoms with E-state index in [0.717, 1.165) is 38.5 Å². The number of rotatable bonds is 2. The molecule has 3 saturated carbocycles. The molecular weight excluding hydrogens is 510 g/mol. The molecule has 0 aromatic carbocycles. The van der Waals surface area contributed by atoms with Crippen molar-refractivity contribution in [2.24, 2.45) is 51.2 Å². The molecule has 222 valence electrons. The Balaban J connectivity index is 1.44. The van der Waals surface area contributed by atoms with Gasteiger partial charge in [-0.3, -0.25) is 9.89 Å². The van der Waals surface area contributed by atoms with Gasteiger partial charge in [0.05, 0.1) is 18.4 Å². The summed E-state index contributed by atoms with van der Waals surface area (Å²) in [7, 11) is 0. The van der Waals surface area contributed by atoms with Crippen molar-refractivity contribution in [2.75, 3.05) is 5.73 Å². The lowest BCUT2D eigenvalue weighted by Crippen LogP contribution is -2.64. The largest absolute Gasteiger partial charge is 0.481 e. The number of furan rings is 1. The SMILES string of the molecule is CC1(C)C[C@@H]2C3=C(c4ccoc4)CC4[C@@]5(C)Cc6c(N)n[nH]c6C(C)(C)[C@@H]5CC[C@@]4(C)[C@]3(C)CC[C@@H]2[C@H](C(=O)O)C1. The highest BCUT2D eigenvalue weighted by atomic mass is 16.4. The topological polar surface area (TPSA) is 105 Å². The van der Waals surface area contributed by atoms with Crippen molar-refractivity contribution in [3.05, 3.63) is 41.0 Å². The van der Waals surface area contributed by atoms with Gasteiger partial charge in [-0.15, -0.1) is 0 Å². The molecule has 5 aliphatic carbocycles. The standard InChI is InChI=1S/C35H49N3O3/c1-31(2)15-22-20(23(16-31)30(39)40)8-11-35(7)27(22)21(19-10-13-41-18-19)14-26-33(5)17-24-28(37-38-29(24)36)32(3,4)25(33)9-12-34(26,35)6/h10,13,18,20,22-23,25-26H,8-9,11-12,14-17H2,1-7H3,(H,39,40)(H3,36,37,38)/t20-,22-,23+,25-,26?,33-,34+,35+/m0/s1. The number of nitrogens with two attached hydrogens (primary N) is 1.